The minimum Gasteiger partial charge on any atom is -0.505 e. The van der Waals surface area contributed by atoms with Gasteiger partial charge in [-0.3, -0.25) is 9.29 Å². The normalized spacial score (nSPS) is 17.5. The molecule has 0 bridgehead atoms. The predicted octanol–water partition coefficient (Wildman–Crippen LogP) is 4.48. The summed E-state index contributed by atoms with van der Waals surface area (Å²) in [6.07, 6.45) is 0.998. The number of hydrogen-bond acceptors (Lipinski definition) is 7. The van der Waals surface area contributed by atoms with E-state index in [0.29, 0.717) is 16.9 Å². The fraction of sp³-hybridized carbons (Fsp3) is 0.320. The number of fused-ring (bicyclic) bond motifs is 1. The van der Waals surface area contributed by atoms with Crippen LogP contribution in [0.5, 0.6) is 11.6 Å². The molecule has 0 fully saturated rings. The van der Waals surface area contributed by atoms with Crippen LogP contribution in [0, 0.1) is 5.82 Å². The number of sulfonamides is 1. The maximum Gasteiger partial charge on any atom is 0.348 e. The molecule has 38 heavy (non-hydrogen) atoms. The van der Waals surface area contributed by atoms with E-state index in [2.05, 4.69) is 14.8 Å². The van der Waals surface area contributed by atoms with E-state index >= 15 is 0 Å². The van der Waals surface area contributed by atoms with Gasteiger partial charge >= 0.3 is 7.52 Å². The Kier molecular flexibility index (Phi) is 7.11. The molecule has 0 amide bonds. The summed E-state index contributed by atoms with van der Waals surface area (Å²) < 4.78 is 64.5. The first-order valence-electron chi connectivity index (χ1n) is 11.8. The van der Waals surface area contributed by atoms with Crippen LogP contribution in [-0.4, -0.2) is 41.9 Å². The number of anilines is 2. The summed E-state index contributed by atoms with van der Waals surface area (Å²) in [4.78, 5) is 0. The Morgan fingerprint density at radius 2 is 1.82 bits per heavy atom. The highest BCUT2D eigenvalue weighted by atomic mass is 32.2. The van der Waals surface area contributed by atoms with Crippen LogP contribution in [0.15, 0.2) is 47.2 Å². The first-order chi connectivity index (χ1) is 17.6. The van der Waals surface area contributed by atoms with Crippen LogP contribution in [0.2, 0.25) is 0 Å². The van der Waals surface area contributed by atoms with Gasteiger partial charge in [0.15, 0.2) is 11.6 Å². The summed E-state index contributed by atoms with van der Waals surface area (Å²) in [6, 6.07) is 10.1. The Balaban J connectivity index is 1.87. The van der Waals surface area contributed by atoms with Crippen LogP contribution >= 0.6 is 7.52 Å². The molecule has 0 radical (unpaired) electrons. The summed E-state index contributed by atoms with van der Waals surface area (Å²) in [5.41, 5.74) is 0.863. The lowest BCUT2D eigenvalue weighted by molar-refractivity contribution is 0.341. The molecule has 1 unspecified atom stereocenters. The van der Waals surface area contributed by atoms with Gasteiger partial charge in [-0.15, -0.1) is 0 Å². The Labute approximate surface area is 220 Å². The van der Waals surface area contributed by atoms with Crippen LogP contribution < -0.4 is 15.3 Å². The molecule has 1 atom stereocenters. The van der Waals surface area contributed by atoms with E-state index in [1.165, 1.54) is 34.9 Å². The molecular weight excluding hydrogens is 534 g/mol. The van der Waals surface area contributed by atoms with Gasteiger partial charge in [-0.25, -0.2) is 12.8 Å². The predicted molar refractivity (Wildman–Crippen MR) is 146 cm³/mol. The average Bonchev–Trinajstić information content (AvgIpc) is 3.04. The summed E-state index contributed by atoms with van der Waals surface area (Å²) in [7, 11) is -7.55. The summed E-state index contributed by atoms with van der Waals surface area (Å²) in [5, 5.41) is 25.8. The molecule has 1 aliphatic rings. The van der Waals surface area contributed by atoms with E-state index in [1.807, 2.05) is 20.8 Å². The molecule has 1 aliphatic heterocycles. The smallest absolute Gasteiger partial charge is 0.348 e. The number of benzene rings is 2. The second-order valence-electron chi connectivity index (χ2n) is 9.98. The molecule has 3 aromatic rings. The Hall–Kier alpha value is -3.34. The number of amidine groups is 1. The first-order valence-corrected chi connectivity index (χ1v) is 15.2. The van der Waals surface area contributed by atoms with E-state index < -0.39 is 28.8 Å². The number of aromatic nitrogens is 1. The van der Waals surface area contributed by atoms with E-state index in [-0.39, 0.29) is 47.2 Å². The van der Waals surface area contributed by atoms with Gasteiger partial charge in [0.2, 0.25) is 15.9 Å². The zero-order valence-electron chi connectivity index (χ0n) is 21.6. The number of halogens is 1. The van der Waals surface area contributed by atoms with Gasteiger partial charge in [-0.05, 0) is 42.8 Å². The average molecular weight is 565 g/mol. The van der Waals surface area contributed by atoms with Gasteiger partial charge in [-0.1, -0.05) is 32.9 Å². The summed E-state index contributed by atoms with van der Waals surface area (Å²) in [6.45, 7) is 7.38. The number of nitrogens with zero attached hydrogens (tertiary/aromatic N) is 2. The molecule has 0 aliphatic carbocycles. The number of rotatable bonds is 7. The van der Waals surface area contributed by atoms with Crippen molar-refractivity contribution >= 4 is 40.1 Å². The standard InChI is InChI=1S/C25H30FN4O6PS/c1-6-36-37(33)19-13-17(29-38(5,34)35)11-12-18(19)27-23(28-37)20-21(31)22(25(2,3)4)30(24(20)32)14-15-7-9-16(26)10-8-15/h7-13,29,31-32H,6,14H2,1-5H3,(H,27,28,33). The van der Waals surface area contributed by atoms with Crippen LogP contribution in [0.25, 0.3) is 0 Å². The molecule has 4 rings (SSSR count). The number of aromatic hydroxyl groups is 2. The maximum atomic E-state index is 14.0. The highest BCUT2D eigenvalue weighted by Crippen LogP contribution is 2.54. The van der Waals surface area contributed by atoms with Crippen LogP contribution in [0.4, 0.5) is 15.8 Å². The fourth-order valence-electron chi connectivity index (χ4n) is 4.37. The second kappa shape index (κ2) is 9.76. The van der Waals surface area contributed by atoms with Crippen molar-refractivity contribution in [2.75, 3.05) is 22.9 Å². The SMILES string of the molecule is CCOP1(=O)N=C(c2c(O)c(C(C)(C)C)n(Cc3ccc(F)cc3)c2O)Nc2ccc(NS(C)(=O)=O)cc21. The van der Waals surface area contributed by atoms with Crippen molar-refractivity contribution in [3.05, 3.63) is 65.1 Å². The van der Waals surface area contributed by atoms with Crippen LogP contribution in [0.3, 0.4) is 0 Å². The third-order valence-corrected chi connectivity index (χ3v) is 8.46. The second-order valence-corrected chi connectivity index (χ2v) is 13.7. The van der Waals surface area contributed by atoms with Crippen molar-refractivity contribution in [1.82, 2.24) is 4.57 Å². The van der Waals surface area contributed by atoms with Crippen molar-refractivity contribution in [2.45, 2.75) is 39.7 Å². The third-order valence-electron chi connectivity index (χ3n) is 5.81. The lowest BCUT2D eigenvalue weighted by Crippen LogP contribution is -2.26. The first kappa shape index (κ1) is 27.7. The van der Waals surface area contributed by atoms with Crippen molar-refractivity contribution < 1.29 is 32.1 Å². The fourth-order valence-corrected chi connectivity index (χ4v) is 6.73. The number of nitrogens with one attached hydrogen (secondary N) is 2. The van der Waals surface area contributed by atoms with Crippen molar-refractivity contribution in [1.29, 1.82) is 0 Å². The molecule has 2 aromatic carbocycles. The number of hydrogen-bond donors (Lipinski definition) is 4. The minimum atomic E-state index is -3.96. The van der Waals surface area contributed by atoms with Gasteiger partial charge in [-0.2, -0.15) is 4.76 Å². The Morgan fingerprint density at radius 3 is 2.39 bits per heavy atom. The molecule has 2 heterocycles. The Morgan fingerprint density at radius 1 is 1.16 bits per heavy atom. The highest BCUT2D eigenvalue weighted by molar-refractivity contribution is 7.92. The van der Waals surface area contributed by atoms with E-state index in [4.69, 9.17) is 4.52 Å². The Bertz CT molecular complexity index is 1580. The van der Waals surface area contributed by atoms with Crippen molar-refractivity contribution in [3.63, 3.8) is 0 Å². The van der Waals surface area contributed by atoms with Crippen LogP contribution in [-0.2, 0) is 31.1 Å². The van der Waals surface area contributed by atoms with Gasteiger partial charge < -0.3 is 24.6 Å². The van der Waals surface area contributed by atoms with Gasteiger partial charge in [0.25, 0.3) is 0 Å². The maximum absolute atomic E-state index is 14.0. The summed E-state index contributed by atoms with van der Waals surface area (Å²) >= 11 is 0. The lowest BCUT2D eigenvalue weighted by atomic mass is 9.91. The molecule has 10 nitrogen and oxygen atoms in total. The molecule has 4 N–H and O–H groups in total. The van der Waals surface area contributed by atoms with Crippen molar-refractivity contribution in [3.8, 4) is 11.6 Å². The van der Waals surface area contributed by atoms with Gasteiger partial charge in [0.05, 0.1) is 36.1 Å². The monoisotopic (exact) mass is 564 g/mol. The molecule has 0 saturated carbocycles. The molecule has 13 heteroatoms. The van der Waals surface area contributed by atoms with E-state index in [1.54, 1.807) is 19.1 Å². The molecule has 1 aromatic heterocycles. The van der Waals surface area contributed by atoms with E-state index in [0.717, 1.165) is 6.26 Å². The lowest BCUT2D eigenvalue weighted by Gasteiger charge is -2.25. The highest BCUT2D eigenvalue weighted by Gasteiger charge is 2.38. The summed E-state index contributed by atoms with van der Waals surface area (Å²) in [5.74, 6) is -1.06. The zero-order valence-corrected chi connectivity index (χ0v) is 23.3. The van der Waals surface area contributed by atoms with E-state index in [9.17, 15) is 27.6 Å². The zero-order chi connectivity index (χ0) is 28.0. The van der Waals surface area contributed by atoms with Gasteiger partial charge in [0, 0.05) is 11.1 Å². The molecule has 204 valence electrons. The van der Waals surface area contributed by atoms with Crippen molar-refractivity contribution in [2.24, 2.45) is 4.76 Å². The molecule has 0 saturated heterocycles. The topological polar surface area (TPSA) is 142 Å². The molecular formula is C25H30FN4O6PS. The third kappa shape index (κ3) is 5.43. The minimum absolute atomic E-state index is 0.0357. The van der Waals surface area contributed by atoms with Gasteiger partial charge in [0.1, 0.15) is 11.4 Å². The quantitative estimate of drug-likeness (QED) is 0.310. The largest absolute Gasteiger partial charge is 0.505 e. The van der Waals surface area contributed by atoms with Crippen LogP contribution in [0.1, 0.15) is 44.5 Å². The molecule has 0 spiro atoms.